The molecule has 0 atom stereocenters. The zero-order chi connectivity index (χ0) is 29.0. The van der Waals surface area contributed by atoms with Gasteiger partial charge in [-0.1, -0.05) is 60.7 Å². The molecule has 0 spiro atoms. The average Bonchev–Trinajstić information content (AvgIpc) is 3.90. The van der Waals surface area contributed by atoms with Crippen molar-refractivity contribution in [3.8, 4) is 49.8 Å². The number of benzene rings is 4. The number of hydrogen-bond donors (Lipinski definition) is 0. The summed E-state index contributed by atoms with van der Waals surface area (Å²) in [5, 5.41) is 3.40. The van der Waals surface area contributed by atoms with Gasteiger partial charge in [-0.3, -0.25) is 4.98 Å². The van der Waals surface area contributed by atoms with Gasteiger partial charge in [0.25, 0.3) is 0 Å². The van der Waals surface area contributed by atoms with Crippen molar-refractivity contribution in [2.75, 3.05) is 0 Å². The number of hydrogen-bond acceptors (Lipinski definition) is 5. The molecule has 208 valence electrons. The molecular weight excluding hydrogens is 563 g/mol. The molecular formula is C38H23N3O2S. The van der Waals surface area contributed by atoms with E-state index in [4.69, 9.17) is 18.8 Å². The molecule has 5 nitrogen and oxygen atoms in total. The molecule has 9 aromatic rings. The van der Waals surface area contributed by atoms with E-state index in [1.54, 1.807) is 36.4 Å². The van der Waals surface area contributed by atoms with Gasteiger partial charge in [-0.15, -0.1) is 11.3 Å². The minimum atomic E-state index is 0.896. The van der Waals surface area contributed by atoms with Gasteiger partial charge in [-0.25, -0.2) is 4.98 Å². The molecule has 6 heteroatoms. The fourth-order valence-corrected chi connectivity index (χ4v) is 7.02. The normalized spacial score (nSPS) is 11.6. The molecule has 0 N–H and O–H groups in total. The standard InChI is InChI=1S/C38H23N3O2S/c1-3-7-34-30(5-1)31-13-10-25(38-40-33-6-2-4-8-37(33)44-38)20-36(31)41(34)35-19-24(9-12-29(35)28-16-18-43-23-28)32-14-11-26(21-39-32)27-15-17-42-22-27/h1-23H. The second-order valence-corrected chi connectivity index (χ2v) is 11.8. The fourth-order valence-electron chi connectivity index (χ4n) is 6.06. The van der Waals surface area contributed by atoms with Gasteiger partial charge in [0.05, 0.1) is 57.7 Å². The van der Waals surface area contributed by atoms with Crippen molar-refractivity contribution >= 4 is 43.4 Å². The van der Waals surface area contributed by atoms with Crippen LogP contribution in [0.4, 0.5) is 0 Å². The molecule has 0 saturated heterocycles. The number of nitrogens with zero attached hydrogens (tertiary/aromatic N) is 3. The molecule has 5 aromatic heterocycles. The van der Waals surface area contributed by atoms with Crippen LogP contribution < -0.4 is 0 Å². The quantitative estimate of drug-likeness (QED) is 0.202. The summed E-state index contributed by atoms with van der Waals surface area (Å²) in [5.74, 6) is 0. The van der Waals surface area contributed by atoms with E-state index in [1.165, 1.54) is 15.5 Å². The van der Waals surface area contributed by atoms with Crippen LogP contribution >= 0.6 is 11.3 Å². The highest BCUT2D eigenvalue weighted by Crippen LogP contribution is 2.40. The zero-order valence-corrected chi connectivity index (χ0v) is 24.2. The zero-order valence-electron chi connectivity index (χ0n) is 23.3. The van der Waals surface area contributed by atoms with Crippen molar-refractivity contribution in [2.24, 2.45) is 0 Å². The summed E-state index contributed by atoms with van der Waals surface area (Å²) < 4.78 is 14.4. The first-order valence-electron chi connectivity index (χ1n) is 14.4. The first-order valence-corrected chi connectivity index (χ1v) is 15.2. The molecule has 0 radical (unpaired) electrons. The van der Waals surface area contributed by atoms with E-state index in [-0.39, 0.29) is 0 Å². The number of para-hydroxylation sites is 2. The molecule has 0 fully saturated rings. The number of pyridine rings is 1. The Labute approximate surface area is 256 Å². The lowest BCUT2D eigenvalue weighted by Gasteiger charge is -2.15. The second kappa shape index (κ2) is 9.93. The van der Waals surface area contributed by atoms with Crippen LogP contribution in [0.2, 0.25) is 0 Å². The van der Waals surface area contributed by atoms with Crippen LogP contribution in [0.25, 0.3) is 81.8 Å². The molecule has 0 saturated carbocycles. The first kappa shape index (κ1) is 24.8. The van der Waals surface area contributed by atoms with Crippen LogP contribution in [-0.4, -0.2) is 14.5 Å². The predicted molar refractivity (Wildman–Crippen MR) is 178 cm³/mol. The molecule has 44 heavy (non-hydrogen) atoms. The lowest BCUT2D eigenvalue weighted by molar-refractivity contribution is 0.568. The lowest BCUT2D eigenvalue weighted by atomic mass is 10.0. The highest BCUT2D eigenvalue weighted by Gasteiger charge is 2.19. The molecule has 0 aliphatic carbocycles. The van der Waals surface area contributed by atoms with Crippen molar-refractivity contribution in [1.29, 1.82) is 0 Å². The Morgan fingerprint density at radius 1 is 0.591 bits per heavy atom. The molecule has 4 aromatic carbocycles. The molecule has 0 bridgehead atoms. The Hall–Kier alpha value is -5.72. The van der Waals surface area contributed by atoms with Crippen LogP contribution in [0.15, 0.2) is 149 Å². The van der Waals surface area contributed by atoms with Gasteiger partial charge in [0.2, 0.25) is 0 Å². The third kappa shape index (κ3) is 4.00. The van der Waals surface area contributed by atoms with Gasteiger partial charge < -0.3 is 13.4 Å². The van der Waals surface area contributed by atoms with E-state index in [9.17, 15) is 0 Å². The van der Waals surface area contributed by atoms with Crippen LogP contribution in [0.3, 0.4) is 0 Å². The van der Waals surface area contributed by atoms with E-state index < -0.39 is 0 Å². The number of fused-ring (bicyclic) bond motifs is 4. The summed E-state index contributed by atoms with van der Waals surface area (Å²) in [6, 6.07) is 38.2. The molecule has 0 amide bonds. The Kier molecular flexibility index (Phi) is 5.61. The van der Waals surface area contributed by atoms with E-state index in [1.807, 2.05) is 24.4 Å². The predicted octanol–water partition coefficient (Wildman–Crippen LogP) is 10.6. The average molecular weight is 586 g/mol. The summed E-state index contributed by atoms with van der Waals surface area (Å²) in [6.07, 6.45) is 8.84. The van der Waals surface area contributed by atoms with Crippen LogP contribution in [0, 0.1) is 0 Å². The Morgan fingerprint density at radius 2 is 1.36 bits per heavy atom. The number of furan rings is 2. The maximum Gasteiger partial charge on any atom is 0.124 e. The fraction of sp³-hybridized carbons (Fsp3) is 0. The minimum Gasteiger partial charge on any atom is -0.472 e. The van der Waals surface area contributed by atoms with Crippen LogP contribution in [-0.2, 0) is 0 Å². The van der Waals surface area contributed by atoms with Crippen molar-refractivity contribution in [3.05, 3.63) is 140 Å². The summed E-state index contributed by atoms with van der Waals surface area (Å²) >= 11 is 1.72. The summed E-state index contributed by atoms with van der Waals surface area (Å²) in [6.45, 7) is 0. The number of aromatic nitrogens is 3. The van der Waals surface area contributed by atoms with Crippen molar-refractivity contribution in [1.82, 2.24) is 14.5 Å². The van der Waals surface area contributed by atoms with E-state index in [0.717, 1.165) is 66.3 Å². The highest BCUT2D eigenvalue weighted by atomic mass is 32.1. The maximum atomic E-state index is 5.55. The largest absolute Gasteiger partial charge is 0.472 e. The van der Waals surface area contributed by atoms with Gasteiger partial charge in [-0.05, 0) is 48.5 Å². The second-order valence-electron chi connectivity index (χ2n) is 10.8. The van der Waals surface area contributed by atoms with Gasteiger partial charge >= 0.3 is 0 Å². The van der Waals surface area contributed by atoms with E-state index >= 15 is 0 Å². The van der Waals surface area contributed by atoms with Crippen LogP contribution in [0.5, 0.6) is 0 Å². The topological polar surface area (TPSA) is 57.0 Å². The highest BCUT2D eigenvalue weighted by molar-refractivity contribution is 7.21. The first-order chi connectivity index (χ1) is 21.8. The molecule has 0 unspecified atom stereocenters. The summed E-state index contributed by atoms with van der Waals surface area (Å²) in [4.78, 5) is 9.81. The minimum absolute atomic E-state index is 0.896. The van der Waals surface area contributed by atoms with Gasteiger partial charge in [0, 0.05) is 50.4 Å². The summed E-state index contributed by atoms with van der Waals surface area (Å²) in [5.41, 5.74) is 11.5. The Bertz CT molecular complexity index is 2400. The SMILES string of the molecule is c1ccc2sc(-c3ccc4c5ccccc5n(-c5cc(-c6ccc(-c7ccoc7)cn6)ccc5-c5ccoc5)c4c3)nc2c1. The summed E-state index contributed by atoms with van der Waals surface area (Å²) in [7, 11) is 0. The smallest absolute Gasteiger partial charge is 0.124 e. The Morgan fingerprint density at radius 3 is 2.18 bits per heavy atom. The third-order valence-electron chi connectivity index (χ3n) is 8.20. The number of thiazole rings is 1. The monoisotopic (exact) mass is 585 g/mol. The number of rotatable bonds is 5. The van der Waals surface area contributed by atoms with Gasteiger partial charge in [0.1, 0.15) is 5.01 Å². The Balaban J connectivity index is 1.28. The molecule has 0 aliphatic rings. The molecule has 0 aliphatic heterocycles. The lowest BCUT2D eigenvalue weighted by Crippen LogP contribution is -1.98. The molecule has 5 heterocycles. The third-order valence-corrected chi connectivity index (χ3v) is 9.28. The van der Waals surface area contributed by atoms with Gasteiger partial charge in [0.15, 0.2) is 0 Å². The van der Waals surface area contributed by atoms with E-state index in [0.29, 0.717) is 0 Å². The maximum absolute atomic E-state index is 5.55. The van der Waals surface area contributed by atoms with Gasteiger partial charge in [-0.2, -0.15) is 0 Å². The van der Waals surface area contributed by atoms with Crippen molar-refractivity contribution < 1.29 is 8.83 Å². The van der Waals surface area contributed by atoms with Crippen molar-refractivity contribution in [2.45, 2.75) is 0 Å². The molecule has 9 rings (SSSR count). The van der Waals surface area contributed by atoms with Crippen molar-refractivity contribution in [3.63, 3.8) is 0 Å². The van der Waals surface area contributed by atoms with Crippen LogP contribution in [0.1, 0.15) is 0 Å². The van der Waals surface area contributed by atoms with E-state index in [2.05, 4.69) is 95.6 Å².